The summed E-state index contributed by atoms with van der Waals surface area (Å²) < 4.78 is 27.6. The molecule has 0 saturated heterocycles. The van der Waals surface area contributed by atoms with Gasteiger partial charge in [-0.15, -0.1) is 0 Å². The summed E-state index contributed by atoms with van der Waals surface area (Å²) in [6.07, 6.45) is 4.09. The van der Waals surface area contributed by atoms with E-state index >= 15 is 0 Å². The fraction of sp³-hybridized carbons (Fsp3) is 0.250. The fourth-order valence-corrected chi connectivity index (χ4v) is 3.09. The van der Waals surface area contributed by atoms with Gasteiger partial charge in [-0.1, -0.05) is 12.1 Å². The van der Waals surface area contributed by atoms with Gasteiger partial charge in [-0.2, -0.15) is 0 Å². The van der Waals surface area contributed by atoms with E-state index in [0.29, 0.717) is 5.82 Å². The number of sulfonamides is 1. The summed E-state index contributed by atoms with van der Waals surface area (Å²) in [6, 6.07) is 11.2. The Bertz CT molecular complexity index is 919. The Morgan fingerprint density at radius 2 is 1.96 bits per heavy atom. The third-order valence-corrected chi connectivity index (χ3v) is 5.12. The van der Waals surface area contributed by atoms with Gasteiger partial charge in [0.05, 0.1) is 17.4 Å². The van der Waals surface area contributed by atoms with E-state index in [9.17, 15) is 8.42 Å². The van der Waals surface area contributed by atoms with Gasteiger partial charge in [0.15, 0.2) is 0 Å². The Morgan fingerprint density at radius 3 is 2.71 bits per heavy atom. The van der Waals surface area contributed by atoms with Gasteiger partial charge in [-0.05, 0) is 37.7 Å². The van der Waals surface area contributed by atoms with Crippen LogP contribution in [0.1, 0.15) is 6.42 Å². The molecule has 2 heterocycles. The van der Waals surface area contributed by atoms with E-state index in [2.05, 4.69) is 30.6 Å². The van der Waals surface area contributed by atoms with Crippen molar-refractivity contribution in [1.82, 2.24) is 19.3 Å². The van der Waals surface area contributed by atoms with E-state index in [0.717, 1.165) is 30.5 Å². The molecular formula is C16H19N5O2S. The second-order valence-corrected chi connectivity index (χ2v) is 7.18. The van der Waals surface area contributed by atoms with Crippen LogP contribution in [0, 0.1) is 0 Å². The zero-order valence-corrected chi connectivity index (χ0v) is 14.1. The second-order valence-electron chi connectivity index (χ2n) is 5.29. The van der Waals surface area contributed by atoms with E-state index < -0.39 is 10.0 Å². The number of imidazole rings is 1. The monoisotopic (exact) mass is 345 g/mol. The molecule has 0 radical (unpaired) electrons. The summed E-state index contributed by atoms with van der Waals surface area (Å²) in [4.78, 5) is 8.64. The van der Waals surface area contributed by atoms with Crippen LogP contribution in [0.5, 0.6) is 0 Å². The average Bonchev–Trinajstić information content (AvgIpc) is 3.02. The van der Waals surface area contributed by atoms with E-state index in [4.69, 9.17) is 0 Å². The number of aromatic nitrogens is 3. The van der Waals surface area contributed by atoms with Crippen molar-refractivity contribution in [2.75, 3.05) is 18.9 Å². The minimum absolute atomic E-state index is 0.153. The van der Waals surface area contributed by atoms with Crippen LogP contribution in [0.25, 0.3) is 11.0 Å². The van der Waals surface area contributed by atoms with E-state index in [-0.39, 0.29) is 4.90 Å². The molecule has 24 heavy (non-hydrogen) atoms. The fourth-order valence-electron chi connectivity index (χ4n) is 2.42. The van der Waals surface area contributed by atoms with Crippen molar-refractivity contribution < 1.29 is 8.42 Å². The van der Waals surface area contributed by atoms with Crippen LogP contribution < -0.4 is 10.0 Å². The Labute approximate surface area is 140 Å². The largest absolute Gasteiger partial charge is 0.370 e. The molecule has 126 valence electrons. The normalized spacial score (nSPS) is 11.7. The molecular weight excluding hydrogens is 326 g/mol. The lowest BCUT2D eigenvalue weighted by atomic mass is 10.3. The number of hydrogen-bond acceptors (Lipinski definition) is 5. The molecule has 0 bridgehead atoms. The predicted octanol–water partition coefficient (Wildman–Crippen LogP) is 1.84. The van der Waals surface area contributed by atoms with Crippen LogP contribution in [0.3, 0.4) is 0 Å². The molecule has 0 atom stereocenters. The van der Waals surface area contributed by atoms with Gasteiger partial charge < -0.3 is 9.88 Å². The van der Waals surface area contributed by atoms with Crippen LogP contribution in [0.4, 0.5) is 5.82 Å². The van der Waals surface area contributed by atoms with Gasteiger partial charge in [0, 0.05) is 19.3 Å². The Kier molecular flexibility index (Phi) is 4.77. The third kappa shape index (κ3) is 3.55. The quantitative estimate of drug-likeness (QED) is 0.638. The minimum atomic E-state index is -3.44. The maximum atomic E-state index is 11.6. The molecule has 3 rings (SSSR count). The van der Waals surface area contributed by atoms with Crippen molar-refractivity contribution >= 4 is 26.9 Å². The van der Waals surface area contributed by atoms with Gasteiger partial charge in [0.1, 0.15) is 10.7 Å². The molecule has 2 N–H and O–H groups in total. The molecule has 1 aromatic carbocycles. The molecule has 0 aliphatic heterocycles. The van der Waals surface area contributed by atoms with Crippen LogP contribution >= 0.6 is 0 Å². The zero-order chi connectivity index (χ0) is 17.0. The first kappa shape index (κ1) is 16.4. The summed E-state index contributed by atoms with van der Waals surface area (Å²) in [5, 5.41) is 3.19. The highest BCUT2D eigenvalue weighted by molar-refractivity contribution is 7.89. The van der Waals surface area contributed by atoms with Crippen molar-refractivity contribution in [2.45, 2.75) is 17.9 Å². The average molecular weight is 345 g/mol. The van der Waals surface area contributed by atoms with Gasteiger partial charge in [0.2, 0.25) is 10.0 Å². The smallest absolute Gasteiger partial charge is 0.241 e. The van der Waals surface area contributed by atoms with Gasteiger partial charge in [-0.25, -0.2) is 23.1 Å². The Balaban J connectivity index is 1.53. The van der Waals surface area contributed by atoms with Crippen LogP contribution in [0.2, 0.25) is 0 Å². The molecule has 0 fully saturated rings. The molecule has 0 aliphatic rings. The second kappa shape index (κ2) is 6.98. The summed E-state index contributed by atoms with van der Waals surface area (Å²) >= 11 is 0. The zero-order valence-electron chi connectivity index (χ0n) is 13.3. The number of rotatable bonds is 7. The Hall–Kier alpha value is -2.45. The maximum Gasteiger partial charge on any atom is 0.241 e. The lowest BCUT2D eigenvalue weighted by Crippen LogP contribution is -2.18. The highest BCUT2D eigenvalue weighted by atomic mass is 32.2. The van der Waals surface area contributed by atoms with Gasteiger partial charge >= 0.3 is 0 Å². The molecule has 8 heteroatoms. The summed E-state index contributed by atoms with van der Waals surface area (Å²) in [7, 11) is -2.06. The van der Waals surface area contributed by atoms with Gasteiger partial charge in [-0.3, -0.25) is 0 Å². The molecule has 3 aromatic rings. The number of nitrogens with one attached hydrogen (secondary N) is 2. The third-order valence-electron chi connectivity index (χ3n) is 3.72. The summed E-state index contributed by atoms with van der Waals surface area (Å²) in [6.45, 7) is 1.58. The maximum absolute atomic E-state index is 11.6. The van der Waals surface area contributed by atoms with Crippen LogP contribution in [0.15, 0.2) is 53.8 Å². The molecule has 0 amide bonds. The number of fused-ring (bicyclic) bond motifs is 1. The topological polar surface area (TPSA) is 88.9 Å². The SMILES string of the molecule is CNS(=O)(=O)c1ccc(NCCCn2cnc3ccccc32)nc1. The van der Waals surface area contributed by atoms with Crippen molar-refractivity contribution in [3.63, 3.8) is 0 Å². The predicted molar refractivity (Wildman–Crippen MR) is 93.3 cm³/mol. The van der Waals surface area contributed by atoms with Crippen LogP contribution in [-0.4, -0.2) is 36.5 Å². The molecule has 0 aliphatic carbocycles. The Morgan fingerprint density at radius 1 is 1.12 bits per heavy atom. The molecule has 0 unspecified atom stereocenters. The molecule has 7 nitrogen and oxygen atoms in total. The van der Waals surface area contributed by atoms with E-state index in [1.165, 1.54) is 19.3 Å². The lowest BCUT2D eigenvalue weighted by Gasteiger charge is -2.08. The number of hydrogen-bond donors (Lipinski definition) is 2. The van der Waals surface area contributed by atoms with Crippen molar-refractivity contribution in [1.29, 1.82) is 0 Å². The number of aryl methyl sites for hydroxylation is 1. The standard InChI is InChI=1S/C16H19N5O2S/c1-17-24(22,23)13-7-8-16(19-11-13)18-9-4-10-21-12-20-14-5-2-3-6-15(14)21/h2-3,5-8,11-12,17H,4,9-10H2,1H3,(H,18,19). The highest BCUT2D eigenvalue weighted by Gasteiger charge is 2.11. The first-order valence-corrected chi connectivity index (χ1v) is 9.12. The number of para-hydroxylation sites is 2. The number of nitrogens with zero attached hydrogens (tertiary/aromatic N) is 3. The first-order chi connectivity index (χ1) is 11.6. The molecule has 0 spiro atoms. The summed E-state index contributed by atoms with van der Waals surface area (Å²) in [5.41, 5.74) is 2.12. The van der Waals surface area contributed by atoms with Gasteiger partial charge in [0.25, 0.3) is 0 Å². The highest BCUT2D eigenvalue weighted by Crippen LogP contribution is 2.13. The number of benzene rings is 1. The van der Waals surface area contributed by atoms with E-state index in [1.54, 1.807) is 6.07 Å². The van der Waals surface area contributed by atoms with Crippen molar-refractivity contribution in [3.05, 3.63) is 48.9 Å². The number of anilines is 1. The lowest BCUT2D eigenvalue weighted by molar-refractivity contribution is 0.588. The van der Waals surface area contributed by atoms with E-state index in [1.807, 2.05) is 24.5 Å². The first-order valence-electron chi connectivity index (χ1n) is 7.63. The van der Waals surface area contributed by atoms with Crippen LogP contribution in [-0.2, 0) is 16.6 Å². The summed E-state index contributed by atoms with van der Waals surface area (Å²) in [5.74, 6) is 0.653. The minimum Gasteiger partial charge on any atom is -0.370 e. The molecule has 0 saturated carbocycles. The molecule has 2 aromatic heterocycles. The van der Waals surface area contributed by atoms with Crippen molar-refractivity contribution in [2.24, 2.45) is 0 Å². The number of pyridine rings is 1. The van der Waals surface area contributed by atoms with Crippen molar-refractivity contribution in [3.8, 4) is 0 Å².